The van der Waals surface area contributed by atoms with Gasteiger partial charge in [-0.15, -0.1) is 0 Å². The Morgan fingerprint density at radius 3 is 2.29 bits per heavy atom. The molecule has 0 aliphatic rings. The Labute approximate surface area is 168 Å². The van der Waals surface area contributed by atoms with Crippen LogP contribution in [0.5, 0.6) is 11.5 Å². The van der Waals surface area contributed by atoms with Crippen LogP contribution in [0.4, 0.5) is 10.5 Å². The maximum Gasteiger partial charge on any atom is 0.319 e. The van der Waals surface area contributed by atoms with E-state index in [1.807, 2.05) is 42.5 Å². The number of carbonyl (C=O) groups is 1. The fraction of sp³-hybridized carbons (Fsp3) is 0.136. The number of aliphatic hydroxyl groups excluding tert-OH is 1. The molecule has 28 heavy (non-hydrogen) atoms. The number of nitrogens with one attached hydrogen (secondary N) is 2. The van der Waals surface area contributed by atoms with E-state index in [0.717, 1.165) is 5.56 Å². The molecule has 0 aliphatic carbocycles. The second kappa shape index (κ2) is 9.78. The number of anilines is 1. The van der Waals surface area contributed by atoms with E-state index in [-0.39, 0.29) is 6.61 Å². The quantitative estimate of drug-likeness (QED) is 0.534. The molecule has 5 nitrogen and oxygen atoms in total. The fourth-order valence-corrected chi connectivity index (χ4v) is 2.88. The highest BCUT2D eigenvalue weighted by Crippen LogP contribution is 2.33. The van der Waals surface area contributed by atoms with E-state index in [0.29, 0.717) is 28.6 Å². The van der Waals surface area contributed by atoms with Crippen molar-refractivity contribution in [2.45, 2.75) is 12.5 Å². The molecule has 6 heteroatoms. The molecule has 0 radical (unpaired) electrons. The van der Waals surface area contributed by atoms with Gasteiger partial charge in [0.1, 0.15) is 5.75 Å². The zero-order valence-corrected chi connectivity index (χ0v) is 15.9. The van der Waals surface area contributed by atoms with Crippen molar-refractivity contribution in [3.05, 3.63) is 89.4 Å². The Balaban J connectivity index is 1.66. The topological polar surface area (TPSA) is 70.6 Å². The molecule has 0 saturated carbocycles. The summed E-state index contributed by atoms with van der Waals surface area (Å²) in [5, 5.41) is 15.6. The molecule has 3 N–H and O–H groups in total. The SMILES string of the molecule is O=C(Nc1ccccc1Oc1ccccc1Cl)NC(CO)Cc1ccccc1. The molecular weight excluding hydrogens is 376 g/mol. The van der Waals surface area contributed by atoms with Crippen molar-refractivity contribution >= 4 is 23.3 Å². The van der Waals surface area contributed by atoms with Gasteiger partial charge in [-0.1, -0.05) is 66.2 Å². The predicted molar refractivity (Wildman–Crippen MR) is 111 cm³/mol. The summed E-state index contributed by atoms with van der Waals surface area (Å²) >= 11 is 6.14. The monoisotopic (exact) mass is 396 g/mol. The van der Waals surface area contributed by atoms with Crippen molar-refractivity contribution in [2.75, 3.05) is 11.9 Å². The molecule has 0 aromatic heterocycles. The first-order chi connectivity index (χ1) is 13.7. The lowest BCUT2D eigenvalue weighted by Crippen LogP contribution is -2.41. The molecule has 1 atom stereocenters. The van der Waals surface area contributed by atoms with Crippen LogP contribution in [0, 0.1) is 0 Å². The van der Waals surface area contributed by atoms with E-state index in [4.69, 9.17) is 16.3 Å². The Kier molecular flexibility index (Phi) is 6.89. The number of para-hydroxylation sites is 3. The number of urea groups is 1. The molecule has 0 heterocycles. The number of carbonyl (C=O) groups excluding carboxylic acids is 1. The Hall–Kier alpha value is -3.02. The number of rotatable bonds is 7. The second-order valence-corrected chi connectivity index (χ2v) is 6.60. The van der Waals surface area contributed by atoms with Crippen molar-refractivity contribution in [1.82, 2.24) is 5.32 Å². The predicted octanol–water partition coefficient (Wildman–Crippen LogP) is 4.86. The Bertz CT molecular complexity index is 918. The lowest BCUT2D eigenvalue weighted by molar-refractivity contribution is 0.224. The number of hydrogen-bond donors (Lipinski definition) is 3. The van der Waals surface area contributed by atoms with Crippen molar-refractivity contribution < 1.29 is 14.6 Å². The van der Waals surface area contributed by atoms with Gasteiger partial charge in [-0.25, -0.2) is 4.79 Å². The minimum absolute atomic E-state index is 0.167. The van der Waals surface area contributed by atoms with Gasteiger partial charge >= 0.3 is 6.03 Å². The van der Waals surface area contributed by atoms with Crippen LogP contribution in [0.3, 0.4) is 0 Å². The third-order valence-electron chi connectivity index (χ3n) is 4.07. The van der Waals surface area contributed by atoms with Gasteiger partial charge in [0.15, 0.2) is 5.75 Å². The molecule has 0 spiro atoms. The third kappa shape index (κ3) is 5.49. The molecule has 144 valence electrons. The van der Waals surface area contributed by atoms with Gasteiger partial charge in [-0.05, 0) is 36.2 Å². The van der Waals surface area contributed by atoms with Crippen LogP contribution in [-0.2, 0) is 6.42 Å². The van der Waals surface area contributed by atoms with Crippen molar-refractivity contribution in [1.29, 1.82) is 0 Å². The summed E-state index contributed by atoms with van der Waals surface area (Å²) in [5.74, 6) is 0.963. The minimum Gasteiger partial charge on any atom is -0.454 e. The van der Waals surface area contributed by atoms with Gasteiger partial charge in [0.05, 0.1) is 23.4 Å². The Morgan fingerprint density at radius 1 is 0.929 bits per heavy atom. The summed E-state index contributed by atoms with van der Waals surface area (Å²) in [6, 6.07) is 23.0. The van der Waals surface area contributed by atoms with Crippen LogP contribution in [0.2, 0.25) is 5.02 Å². The number of aliphatic hydroxyl groups is 1. The summed E-state index contributed by atoms with van der Waals surface area (Å²) in [7, 11) is 0. The average Bonchev–Trinajstić information content (AvgIpc) is 2.71. The van der Waals surface area contributed by atoms with Gasteiger partial charge < -0.3 is 20.5 Å². The first-order valence-corrected chi connectivity index (χ1v) is 9.27. The second-order valence-electron chi connectivity index (χ2n) is 6.20. The van der Waals surface area contributed by atoms with E-state index in [2.05, 4.69) is 10.6 Å². The van der Waals surface area contributed by atoms with Gasteiger partial charge in [0, 0.05) is 0 Å². The third-order valence-corrected chi connectivity index (χ3v) is 4.38. The molecule has 1 unspecified atom stereocenters. The molecule has 0 bridgehead atoms. The van der Waals surface area contributed by atoms with E-state index in [9.17, 15) is 9.90 Å². The van der Waals surface area contributed by atoms with E-state index < -0.39 is 12.1 Å². The molecule has 0 saturated heterocycles. The van der Waals surface area contributed by atoms with Crippen LogP contribution in [0.1, 0.15) is 5.56 Å². The van der Waals surface area contributed by atoms with Crippen LogP contribution < -0.4 is 15.4 Å². The molecule has 3 aromatic rings. The van der Waals surface area contributed by atoms with Crippen LogP contribution in [-0.4, -0.2) is 23.8 Å². The molecule has 3 rings (SSSR count). The van der Waals surface area contributed by atoms with Crippen LogP contribution in [0.25, 0.3) is 0 Å². The highest BCUT2D eigenvalue weighted by Gasteiger charge is 2.14. The van der Waals surface area contributed by atoms with Gasteiger partial charge in [0.2, 0.25) is 0 Å². The Morgan fingerprint density at radius 2 is 1.57 bits per heavy atom. The largest absolute Gasteiger partial charge is 0.454 e. The lowest BCUT2D eigenvalue weighted by Gasteiger charge is -2.18. The van der Waals surface area contributed by atoms with Crippen molar-refractivity contribution in [2.24, 2.45) is 0 Å². The number of hydrogen-bond acceptors (Lipinski definition) is 3. The normalized spacial score (nSPS) is 11.5. The van der Waals surface area contributed by atoms with E-state index in [1.165, 1.54) is 0 Å². The van der Waals surface area contributed by atoms with Gasteiger partial charge in [0.25, 0.3) is 0 Å². The molecule has 0 aliphatic heterocycles. The zero-order valence-electron chi connectivity index (χ0n) is 15.1. The molecule has 0 fully saturated rings. The summed E-state index contributed by atoms with van der Waals surface area (Å²) in [5.41, 5.74) is 1.53. The van der Waals surface area contributed by atoms with Crippen LogP contribution in [0.15, 0.2) is 78.9 Å². The number of halogens is 1. The average molecular weight is 397 g/mol. The maximum absolute atomic E-state index is 12.4. The van der Waals surface area contributed by atoms with Crippen LogP contribution >= 0.6 is 11.6 Å². The van der Waals surface area contributed by atoms with E-state index in [1.54, 1.807) is 36.4 Å². The summed E-state index contributed by atoms with van der Waals surface area (Å²) in [6.07, 6.45) is 0.530. The van der Waals surface area contributed by atoms with Crippen molar-refractivity contribution in [3.8, 4) is 11.5 Å². The van der Waals surface area contributed by atoms with Gasteiger partial charge in [-0.3, -0.25) is 0 Å². The highest BCUT2D eigenvalue weighted by atomic mass is 35.5. The first-order valence-electron chi connectivity index (χ1n) is 8.89. The maximum atomic E-state index is 12.4. The highest BCUT2D eigenvalue weighted by molar-refractivity contribution is 6.32. The first kappa shape index (κ1) is 19.7. The number of ether oxygens (including phenoxy) is 1. The number of amides is 2. The number of benzene rings is 3. The summed E-state index contributed by atoms with van der Waals surface area (Å²) < 4.78 is 5.84. The zero-order chi connectivity index (χ0) is 19.8. The molecule has 2 amide bonds. The minimum atomic E-state index is -0.426. The fourth-order valence-electron chi connectivity index (χ4n) is 2.71. The lowest BCUT2D eigenvalue weighted by atomic mass is 10.1. The molecule has 3 aromatic carbocycles. The smallest absolute Gasteiger partial charge is 0.319 e. The van der Waals surface area contributed by atoms with Gasteiger partial charge in [-0.2, -0.15) is 0 Å². The summed E-state index contributed by atoms with van der Waals surface area (Å²) in [4.78, 5) is 12.4. The standard InChI is InChI=1S/C22H21ClN2O3/c23-18-10-4-6-12-20(18)28-21-13-7-5-11-19(21)25-22(27)24-17(15-26)14-16-8-2-1-3-9-16/h1-13,17,26H,14-15H2,(H2,24,25,27). The molecular formula is C22H21ClN2O3. The van der Waals surface area contributed by atoms with E-state index >= 15 is 0 Å². The summed E-state index contributed by atoms with van der Waals surface area (Å²) in [6.45, 7) is -0.167. The van der Waals surface area contributed by atoms with Crippen molar-refractivity contribution in [3.63, 3.8) is 0 Å².